The molecule has 4 rings (SSSR count). The smallest absolute Gasteiger partial charge is 0.126 e. The average molecular weight is 528 g/mol. The van der Waals surface area contributed by atoms with E-state index in [0.717, 1.165) is 48.6 Å². The molecule has 2 aromatic rings. The molecule has 0 unspecified atom stereocenters. The topological polar surface area (TPSA) is 92.1 Å². The Hall–Kier alpha value is -2.24. The first-order valence-corrected chi connectivity index (χ1v) is 13.5. The number of nitriles is 1. The Morgan fingerprint density at radius 1 is 1.24 bits per heavy atom. The van der Waals surface area contributed by atoms with Crippen LogP contribution in [0.3, 0.4) is 0 Å². The highest BCUT2D eigenvalue weighted by Crippen LogP contribution is 2.32. The molecule has 1 saturated heterocycles. The summed E-state index contributed by atoms with van der Waals surface area (Å²) in [6, 6.07) is 11.4. The second kappa shape index (κ2) is 14.1. The maximum atomic E-state index is 9.73. The van der Waals surface area contributed by atoms with Crippen LogP contribution in [0.15, 0.2) is 30.5 Å². The highest BCUT2D eigenvalue weighted by atomic mass is 35.5. The molecule has 1 saturated carbocycles. The molecule has 2 N–H and O–H groups in total. The van der Waals surface area contributed by atoms with Crippen LogP contribution in [0.4, 0.5) is 5.82 Å². The van der Waals surface area contributed by atoms with Crippen molar-refractivity contribution in [1.29, 1.82) is 5.26 Å². The molecule has 2 aromatic heterocycles. The average Bonchev–Trinajstić information content (AvgIpc) is 2.90. The summed E-state index contributed by atoms with van der Waals surface area (Å²) in [5.41, 5.74) is 2.36. The van der Waals surface area contributed by atoms with Crippen LogP contribution in [0.25, 0.3) is 11.3 Å². The molecule has 2 fully saturated rings. The molecule has 0 radical (unpaired) electrons. The summed E-state index contributed by atoms with van der Waals surface area (Å²) in [5.74, 6) is 1.38. The maximum Gasteiger partial charge on any atom is 0.126 e. The third kappa shape index (κ3) is 8.12. The van der Waals surface area contributed by atoms with Crippen LogP contribution in [-0.2, 0) is 15.9 Å². The molecule has 1 atom stereocenters. The van der Waals surface area contributed by atoms with E-state index in [1.807, 2.05) is 18.2 Å². The van der Waals surface area contributed by atoms with Crippen molar-refractivity contribution in [2.24, 2.45) is 11.3 Å². The summed E-state index contributed by atoms with van der Waals surface area (Å²) in [5, 5.41) is 17.4. The van der Waals surface area contributed by atoms with Gasteiger partial charge >= 0.3 is 0 Å². The fourth-order valence-electron chi connectivity index (χ4n) is 5.35. The van der Waals surface area contributed by atoms with E-state index >= 15 is 0 Å². The summed E-state index contributed by atoms with van der Waals surface area (Å²) >= 11 is 6.56. The lowest BCUT2D eigenvalue weighted by Gasteiger charge is -2.31. The van der Waals surface area contributed by atoms with E-state index in [-0.39, 0.29) is 7.43 Å². The number of hydrogen-bond acceptors (Lipinski definition) is 7. The van der Waals surface area contributed by atoms with Crippen LogP contribution < -0.4 is 10.6 Å². The number of pyridine rings is 2. The molecule has 202 valence electrons. The van der Waals surface area contributed by atoms with Gasteiger partial charge in [0.1, 0.15) is 5.82 Å². The summed E-state index contributed by atoms with van der Waals surface area (Å²) < 4.78 is 10.7. The molecule has 37 heavy (non-hydrogen) atoms. The largest absolute Gasteiger partial charge is 0.383 e. The van der Waals surface area contributed by atoms with Gasteiger partial charge in [-0.2, -0.15) is 5.26 Å². The number of nitrogens with one attached hydrogen (secondary N) is 2. The lowest BCUT2D eigenvalue weighted by atomic mass is 9.82. The molecule has 7 nitrogen and oxygen atoms in total. The van der Waals surface area contributed by atoms with Crippen LogP contribution in [0.2, 0.25) is 5.02 Å². The number of anilines is 1. The van der Waals surface area contributed by atoms with Gasteiger partial charge in [0.15, 0.2) is 0 Å². The molecule has 8 heteroatoms. The summed E-state index contributed by atoms with van der Waals surface area (Å²) in [4.78, 5) is 9.45. The number of nitrogens with zero attached hydrogens (tertiary/aromatic N) is 3. The summed E-state index contributed by atoms with van der Waals surface area (Å²) in [6.45, 7) is 4.74. The number of halogens is 1. The SMILES string of the molecule is C.COC[C@@H](C)NC1CCC(Cc2cc(-c3cccc(NCC4(C#N)CCOCC4)n3)c(Cl)cn2)CC1. The Bertz CT molecular complexity index is 1030. The second-order valence-corrected chi connectivity index (χ2v) is 10.8. The van der Waals surface area contributed by atoms with Gasteiger partial charge in [-0.05, 0) is 76.0 Å². The molecular weight excluding hydrogens is 486 g/mol. The Balaban J connectivity index is 0.00000380. The monoisotopic (exact) mass is 527 g/mol. The van der Waals surface area contributed by atoms with Gasteiger partial charge in [-0.15, -0.1) is 0 Å². The van der Waals surface area contributed by atoms with E-state index < -0.39 is 5.41 Å². The summed E-state index contributed by atoms with van der Waals surface area (Å²) in [6.07, 6.45) is 8.94. The van der Waals surface area contributed by atoms with Crippen molar-refractivity contribution in [2.45, 2.75) is 71.4 Å². The maximum absolute atomic E-state index is 9.73. The van der Waals surface area contributed by atoms with Crippen molar-refractivity contribution >= 4 is 17.4 Å². The highest BCUT2D eigenvalue weighted by molar-refractivity contribution is 6.33. The Morgan fingerprint density at radius 2 is 2.00 bits per heavy atom. The predicted molar refractivity (Wildman–Crippen MR) is 150 cm³/mol. The first-order valence-electron chi connectivity index (χ1n) is 13.1. The van der Waals surface area contributed by atoms with E-state index in [9.17, 15) is 5.26 Å². The minimum Gasteiger partial charge on any atom is -0.383 e. The van der Waals surface area contributed by atoms with Crippen LogP contribution in [0, 0.1) is 22.7 Å². The third-order valence-electron chi connectivity index (χ3n) is 7.51. The van der Waals surface area contributed by atoms with E-state index in [0.29, 0.717) is 42.8 Å². The Labute approximate surface area is 227 Å². The van der Waals surface area contributed by atoms with Crippen molar-refractivity contribution in [1.82, 2.24) is 15.3 Å². The number of ether oxygens (including phenoxy) is 2. The van der Waals surface area contributed by atoms with Crippen molar-refractivity contribution in [3.8, 4) is 17.3 Å². The van der Waals surface area contributed by atoms with Crippen LogP contribution in [0.1, 0.15) is 58.6 Å². The van der Waals surface area contributed by atoms with Crippen molar-refractivity contribution in [3.05, 3.63) is 41.2 Å². The molecule has 3 heterocycles. The second-order valence-electron chi connectivity index (χ2n) is 10.4. The van der Waals surface area contributed by atoms with Gasteiger partial charge in [0.05, 0.1) is 28.8 Å². The fraction of sp³-hybridized carbons (Fsp3) is 0.621. The predicted octanol–water partition coefficient (Wildman–Crippen LogP) is 5.89. The molecular formula is C29H42ClN5O2. The minimum atomic E-state index is -0.409. The van der Waals surface area contributed by atoms with E-state index in [2.05, 4.69) is 34.7 Å². The van der Waals surface area contributed by atoms with Gasteiger partial charge in [-0.1, -0.05) is 25.1 Å². The van der Waals surface area contributed by atoms with E-state index in [1.165, 1.54) is 25.7 Å². The van der Waals surface area contributed by atoms with Gasteiger partial charge < -0.3 is 20.1 Å². The lowest BCUT2D eigenvalue weighted by Crippen LogP contribution is -2.41. The molecule has 0 amide bonds. The molecule has 0 aromatic carbocycles. The van der Waals surface area contributed by atoms with Crippen LogP contribution in [0.5, 0.6) is 0 Å². The van der Waals surface area contributed by atoms with Crippen molar-refractivity contribution < 1.29 is 9.47 Å². The quantitative estimate of drug-likeness (QED) is 0.398. The summed E-state index contributed by atoms with van der Waals surface area (Å²) in [7, 11) is 1.75. The zero-order valence-corrected chi connectivity index (χ0v) is 22.2. The highest BCUT2D eigenvalue weighted by Gasteiger charge is 2.32. The van der Waals surface area contributed by atoms with Crippen LogP contribution >= 0.6 is 11.6 Å². The number of aromatic nitrogens is 2. The zero-order valence-electron chi connectivity index (χ0n) is 21.4. The van der Waals surface area contributed by atoms with E-state index in [1.54, 1.807) is 13.3 Å². The van der Waals surface area contributed by atoms with Crippen LogP contribution in [-0.4, -0.2) is 55.5 Å². The van der Waals surface area contributed by atoms with Gasteiger partial charge in [0, 0.05) is 56.4 Å². The Kier molecular flexibility index (Phi) is 11.1. The van der Waals surface area contributed by atoms with Gasteiger partial charge in [-0.25, -0.2) is 4.98 Å². The first-order chi connectivity index (χ1) is 17.5. The number of hydrogen-bond donors (Lipinski definition) is 2. The van der Waals surface area contributed by atoms with Crippen molar-refractivity contribution in [2.75, 3.05) is 38.8 Å². The minimum absolute atomic E-state index is 0. The van der Waals surface area contributed by atoms with Crippen molar-refractivity contribution in [3.63, 3.8) is 0 Å². The normalized spacial score (nSPS) is 21.9. The van der Waals surface area contributed by atoms with Gasteiger partial charge in [0.2, 0.25) is 0 Å². The molecule has 1 aliphatic heterocycles. The third-order valence-corrected chi connectivity index (χ3v) is 7.81. The number of methoxy groups -OCH3 is 1. The van der Waals surface area contributed by atoms with Gasteiger partial charge in [0.25, 0.3) is 0 Å². The standard InChI is InChI=1S/C28H38ClN5O2.CH4/c1-20(17-35-2)33-22-8-6-21(7-9-22)14-23-15-24(25(29)16-31-23)26-4-3-5-27(34-26)32-19-28(18-30)10-12-36-13-11-28;/h3-5,15-16,20-22,33H,6-14,17,19H2,1-2H3,(H,32,34);1H4/t20-,21?,22?;/m1./s1. The molecule has 0 bridgehead atoms. The molecule has 2 aliphatic rings. The van der Waals surface area contributed by atoms with E-state index in [4.69, 9.17) is 26.1 Å². The molecule has 0 spiro atoms. The van der Waals surface area contributed by atoms with Gasteiger partial charge in [-0.3, -0.25) is 4.98 Å². The Morgan fingerprint density at radius 3 is 2.70 bits per heavy atom. The first kappa shape index (κ1) is 29.3. The fourth-order valence-corrected chi connectivity index (χ4v) is 5.55. The molecule has 1 aliphatic carbocycles. The lowest BCUT2D eigenvalue weighted by molar-refractivity contribution is 0.0455. The number of rotatable bonds is 10. The zero-order chi connectivity index (χ0) is 25.4.